The minimum absolute atomic E-state index is 0.00948. The lowest BCUT2D eigenvalue weighted by Crippen LogP contribution is -2.66. The molecule has 51 heavy (non-hydrogen) atoms. The zero-order chi connectivity index (χ0) is 35.2. The molecule has 1 amide bonds. The molecule has 1 aliphatic carbocycles. The molecule has 0 bridgehead atoms. The van der Waals surface area contributed by atoms with Gasteiger partial charge in [0.1, 0.15) is 4.88 Å². The average Bonchev–Trinajstić information content (AvgIpc) is 3.47. The number of anilines is 1. The van der Waals surface area contributed by atoms with Crippen LogP contribution in [0.3, 0.4) is 0 Å². The van der Waals surface area contributed by atoms with Crippen LogP contribution in [0, 0.1) is 5.92 Å². The highest BCUT2D eigenvalue weighted by Gasteiger charge is 2.50. The van der Waals surface area contributed by atoms with E-state index in [1.807, 2.05) is 13.1 Å². The summed E-state index contributed by atoms with van der Waals surface area (Å²) >= 11 is 1.54. The first kappa shape index (κ1) is 33.8. The third-order valence-corrected chi connectivity index (χ3v) is 17.1. The van der Waals surface area contributed by atoms with Crippen LogP contribution in [0.25, 0.3) is 32.2 Å². The average molecular weight is 711 g/mol. The van der Waals surface area contributed by atoms with Crippen molar-refractivity contribution in [3.05, 3.63) is 114 Å². The summed E-state index contributed by atoms with van der Waals surface area (Å²) < 4.78 is 8.39. The van der Waals surface area contributed by atoms with Gasteiger partial charge in [0.2, 0.25) is 0 Å². The quantitative estimate of drug-likeness (QED) is 0.162. The summed E-state index contributed by atoms with van der Waals surface area (Å²) in [4.78, 5) is 23.6. The molecule has 0 spiro atoms. The molecular weight excluding hydrogens is 665 g/mol. The zero-order valence-electron chi connectivity index (χ0n) is 29.9. The molecular formula is C43H46N4O2SSi. The summed E-state index contributed by atoms with van der Waals surface area (Å²) in [5, 5.41) is 11.4. The Morgan fingerprint density at radius 1 is 0.863 bits per heavy atom. The lowest BCUT2D eigenvalue weighted by Gasteiger charge is -2.44. The van der Waals surface area contributed by atoms with Crippen molar-refractivity contribution in [1.29, 1.82) is 0 Å². The summed E-state index contributed by atoms with van der Waals surface area (Å²) in [5.74, 6) is 0.994. The van der Waals surface area contributed by atoms with Crippen LogP contribution in [-0.4, -0.2) is 43.4 Å². The van der Waals surface area contributed by atoms with Crippen LogP contribution in [0.15, 0.2) is 103 Å². The summed E-state index contributed by atoms with van der Waals surface area (Å²) in [6.45, 7) is 10.6. The van der Waals surface area contributed by atoms with Gasteiger partial charge in [0.15, 0.2) is 0 Å². The van der Waals surface area contributed by atoms with Crippen LogP contribution in [0.5, 0.6) is 0 Å². The van der Waals surface area contributed by atoms with Crippen molar-refractivity contribution in [1.82, 2.24) is 15.3 Å². The van der Waals surface area contributed by atoms with Crippen molar-refractivity contribution in [3.8, 4) is 11.3 Å². The minimum atomic E-state index is -2.53. The van der Waals surface area contributed by atoms with Crippen molar-refractivity contribution < 1.29 is 9.22 Å². The molecule has 4 heterocycles. The van der Waals surface area contributed by atoms with E-state index in [0.29, 0.717) is 18.4 Å². The van der Waals surface area contributed by atoms with E-state index in [-0.39, 0.29) is 17.0 Å². The molecule has 8 rings (SSSR count). The fourth-order valence-corrected chi connectivity index (χ4v) is 14.1. The number of amides is 1. The van der Waals surface area contributed by atoms with Gasteiger partial charge in [-0.05, 0) is 90.3 Å². The Morgan fingerprint density at radius 3 is 2.22 bits per heavy atom. The predicted molar refractivity (Wildman–Crippen MR) is 214 cm³/mol. The van der Waals surface area contributed by atoms with Gasteiger partial charge in [0.25, 0.3) is 14.2 Å². The second-order valence-electron chi connectivity index (χ2n) is 15.4. The maximum absolute atomic E-state index is 12.8. The number of nitrogens with one attached hydrogen (secondary N) is 2. The molecule has 2 aliphatic rings. The Morgan fingerprint density at radius 2 is 1.57 bits per heavy atom. The SMILES string of the molecule is CC1CNc2c(sc3ccc4nc(-c5ccc([C@H]6CC[C@H](CO[Si](c7ccccc7)(c7ccccc7)C(C)(C)C)CC6)nc5)ccc4c23)C(=O)N1. The Bertz CT molecular complexity index is 2130. The number of pyridine rings is 2. The molecule has 6 aromatic rings. The number of hydrogen-bond donors (Lipinski definition) is 2. The highest BCUT2D eigenvalue weighted by Crippen LogP contribution is 2.42. The van der Waals surface area contributed by atoms with E-state index in [4.69, 9.17) is 14.4 Å². The summed E-state index contributed by atoms with van der Waals surface area (Å²) in [6.07, 6.45) is 6.54. The largest absolute Gasteiger partial charge is 0.407 e. The highest BCUT2D eigenvalue weighted by molar-refractivity contribution is 7.21. The second-order valence-corrected chi connectivity index (χ2v) is 20.8. The van der Waals surface area contributed by atoms with Crippen molar-refractivity contribution >= 4 is 62.6 Å². The second kappa shape index (κ2) is 13.6. The van der Waals surface area contributed by atoms with Crippen LogP contribution in [0.2, 0.25) is 5.04 Å². The van der Waals surface area contributed by atoms with Gasteiger partial charge in [0, 0.05) is 58.0 Å². The summed E-state index contributed by atoms with van der Waals surface area (Å²) in [6, 6.07) is 34.8. The number of hydrogen-bond acceptors (Lipinski definition) is 6. The molecule has 0 radical (unpaired) electrons. The van der Waals surface area contributed by atoms with Crippen LogP contribution in [0.4, 0.5) is 5.69 Å². The number of carbonyl (C=O) groups is 1. The molecule has 3 aromatic heterocycles. The topological polar surface area (TPSA) is 76.1 Å². The first-order valence-corrected chi connectivity index (χ1v) is 21.1. The predicted octanol–water partition coefficient (Wildman–Crippen LogP) is 8.91. The number of rotatable bonds is 7. The normalized spacial score (nSPS) is 19.7. The number of carbonyl (C=O) groups excluding carboxylic acids is 1. The van der Waals surface area contributed by atoms with Gasteiger partial charge in [-0.25, -0.2) is 4.98 Å². The molecule has 1 saturated carbocycles. The molecule has 1 fully saturated rings. The van der Waals surface area contributed by atoms with Gasteiger partial charge in [-0.2, -0.15) is 0 Å². The van der Waals surface area contributed by atoms with E-state index in [9.17, 15) is 4.79 Å². The van der Waals surface area contributed by atoms with Crippen molar-refractivity contribution in [2.45, 2.75) is 70.4 Å². The number of benzene rings is 3. The third kappa shape index (κ3) is 6.28. The molecule has 1 unspecified atom stereocenters. The van der Waals surface area contributed by atoms with Crippen molar-refractivity contribution in [3.63, 3.8) is 0 Å². The van der Waals surface area contributed by atoms with E-state index in [0.717, 1.165) is 75.1 Å². The van der Waals surface area contributed by atoms with Gasteiger partial charge in [0.05, 0.1) is 16.9 Å². The Hall–Kier alpha value is -4.37. The minimum Gasteiger partial charge on any atom is -0.407 e. The monoisotopic (exact) mass is 710 g/mol. The molecule has 260 valence electrons. The maximum Gasteiger partial charge on any atom is 0.263 e. The number of aromatic nitrogens is 2. The molecule has 1 atom stereocenters. The molecule has 0 saturated heterocycles. The van der Waals surface area contributed by atoms with E-state index in [1.165, 1.54) is 27.4 Å². The van der Waals surface area contributed by atoms with Crippen LogP contribution >= 0.6 is 11.3 Å². The van der Waals surface area contributed by atoms with Gasteiger partial charge >= 0.3 is 0 Å². The number of nitrogens with zero attached hydrogens (tertiary/aromatic N) is 2. The lowest BCUT2D eigenvalue weighted by atomic mass is 9.80. The molecule has 2 N–H and O–H groups in total. The molecule has 3 aromatic carbocycles. The fourth-order valence-electron chi connectivity index (χ4n) is 8.31. The molecule has 8 heteroatoms. The van der Waals surface area contributed by atoms with Crippen LogP contribution < -0.4 is 21.0 Å². The van der Waals surface area contributed by atoms with Gasteiger partial charge < -0.3 is 15.1 Å². The van der Waals surface area contributed by atoms with Crippen molar-refractivity contribution in [2.75, 3.05) is 18.5 Å². The Labute approximate surface area is 305 Å². The maximum atomic E-state index is 12.8. The number of fused-ring (bicyclic) bond motifs is 5. The van der Waals surface area contributed by atoms with Crippen LogP contribution in [-0.2, 0) is 4.43 Å². The standard InChI is InChI=1S/C43H46N4O2SSi/c1-28-25-45-40-39-34-20-22-36(47-37(34)23-24-38(39)50-41(40)42(48)46-28)31-19-21-35(44-26-31)30-17-15-29(16-18-30)27-49-51(43(2,3)4,32-11-7-5-8-12-32)33-13-9-6-10-14-33/h5-14,19-24,26,28-30,45H,15-18,25,27H2,1-4H3,(H,46,48)/t28?,29-,30-. The van der Waals surface area contributed by atoms with E-state index < -0.39 is 8.32 Å². The first-order valence-electron chi connectivity index (χ1n) is 18.3. The van der Waals surface area contributed by atoms with Crippen LogP contribution in [0.1, 0.15) is 74.7 Å². The summed E-state index contributed by atoms with van der Waals surface area (Å²) in [5.41, 5.74) is 4.94. The van der Waals surface area contributed by atoms with E-state index in [1.54, 1.807) is 0 Å². The van der Waals surface area contributed by atoms with Crippen molar-refractivity contribution in [2.24, 2.45) is 5.92 Å². The van der Waals surface area contributed by atoms with E-state index >= 15 is 0 Å². The molecule has 1 aliphatic heterocycles. The fraction of sp³-hybridized carbons (Fsp3) is 0.326. The highest BCUT2D eigenvalue weighted by atomic mass is 32.1. The van der Waals surface area contributed by atoms with Gasteiger partial charge in [-0.3, -0.25) is 9.78 Å². The summed E-state index contributed by atoms with van der Waals surface area (Å²) in [7, 11) is -2.53. The zero-order valence-corrected chi connectivity index (χ0v) is 31.7. The lowest BCUT2D eigenvalue weighted by molar-refractivity contribution is 0.0949. The van der Waals surface area contributed by atoms with E-state index in [2.05, 4.69) is 128 Å². The molecule has 6 nitrogen and oxygen atoms in total. The smallest absolute Gasteiger partial charge is 0.263 e. The first-order chi connectivity index (χ1) is 24.7. The van der Waals surface area contributed by atoms with Gasteiger partial charge in [-0.15, -0.1) is 11.3 Å². The Kier molecular flexibility index (Phi) is 9.03. The number of thiophene rings is 1. The Balaban J connectivity index is 0.962. The van der Waals surface area contributed by atoms with Gasteiger partial charge in [-0.1, -0.05) is 81.4 Å². The third-order valence-electron chi connectivity index (χ3n) is 11.0.